The van der Waals surface area contributed by atoms with Gasteiger partial charge in [0.1, 0.15) is 5.00 Å². The molecule has 1 amide bonds. The average molecular weight is 480 g/mol. The second kappa shape index (κ2) is 9.60. The van der Waals surface area contributed by atoms with Crippen molar-refractivity contribution in [1.82, 2.24) is 4.31 Å². The second-order valence-corrected chi connectivity index (χ2v) is 11.3. The Morgan fingerprint density at radius 2 is 1.84 bits per heavy atom. The lowest BCUT2D eigenvalue weighted by Gasteiger charge is -2.17. The predicted molar refractivity (Wildman–Crippen MR) is 126 cm³/mol. The van der Waals surface area contributed by atoms with Gasteiger partial charge in [-0.3, -0.25) is 4.79 Å². The van der Waals surface area contributed by atoms with Crippen LogP contribution in [0.4, 0.5) is 10.7 Å². The predicted octanol–water partition coefficient (Wildman–Crippen LogP) is 3.33. The standard InChI is InChI=1S/C22H29N3O5S2/c1-13-10-15(32(28,29)25(3)4)11-17(14(13)2)23-12-19(26)24-21-20(22(27)30-5)16-8-6-7-9-18(16)31-21/h10-11,23H,6-9,12H2,1-5H3,(H,24,26). The van der Waals surface area contributed by atoms with Gasteiger partial charge in [0, 0.05) is 24.7 Å². The Bertz CT molecular complexity index is 1150. The van der Waals surface area contributed by atoms with Crippen molar-refractivity contribution in [2.45, 2.75) is 44.4 Å². The zero-order valence-corrected chi connectivity index (χ0v) is 20.6. The summed E-state index contributed by atoms with van der Waals surface area (Å²) in [5.41, 5.74) is 3.65. The third kappa shape index (κ3) is 4.82. The van der Waals surface area contributed by atoms with Gasteiger partial charge >= 0.3 is 5.97 Å². The number of anilines is 2. The molecule has 0 saturated heterocycles. The summed E-state index contributed by atoms with van der Waals surface area (Å²) >= 11 is 1.42. The van der Waals surface area contributed by atoms with Crippen LogP contribution in [-0.2, 0) is 32.4 Å². The van der Waals surface area contributed by atoms with E-state index in [4.69, 9.17) is 4.74 Å². The van der Waals surface area contributed by atoms with Crippen molar-refractivity contribution in [3.05, 3.63) is 39.3 Å². The van der Waals surface area contributed by atoms with Crippen LogP contribution in [0, 0.1) is 13.8 Å². The van der Waals surface area contributed by atoms with Crippen molar-refractivity contribution < 1.29 is 22.7 Å². The third-order valence-corrected chi connectivity index (χ3v) is 8.67. The summed E-state index contributed by atoms with van der Waals surface area (Å²) in [4.78, 5) is 26.3. The molecule has 8 nitrogen and oxygen atoms in total. The molecule has 174 valence electrons. The molecule has 1 aromatic heterocycles. The van der Waals surface area contributed by atoms with E-state index < -0.39 is 16.0 Å². The first-order valence-corrected chi connectivity index (χ1v) is 12.6. The summed E-state index contributed by atoms with van der Waals surface area (Å²) in [5.74, 6) is -0.771. The van der Waals surface area contributed by atoms with E-state index in [0.717, 1.165) is 51.6 Å². The van der Waals surface area contributed by atoms with Crippen LogP contribution in [0.3, 0.4) is 0 Å². The zero-order chi connectivity index (χ0) is 23.6. The van der Waals surface area contributed by atoms with Gasteiger partial charge in [-0.2, -0.15) is 0 Å². The molecule has 2 aromatic rings. The van der Waals surface area contributed by atoms with E-state index in [1.165, 1.54) is 38.6 Å². The zero-order valence-electron chi connectivity index (χ0n) is 19.0. The van der Waals surface area contributed by atoms with Gasteiger partial charge in [-0.15, -0.1) is 11.3 Å². The SMILES string of the molecule is COC(=O)c1c(NC(=O)CNc2cc(S(=O)(=O)N(C)C)cc(C)c2C)sc2c1CCCC2. The lowest BCUT2D eigenvalue weighted by atomic mass is 9.95. The maximum absolute atomic E-state index is 12.7. The van der Waals surface area contributed by atoms with Crippen LogP contribution in [0.15, 0.2) is 17.0 Å². The van der Waals surface area contributed by atoms with Crippen molar-refractivity contribution >= 4 is 43.9 Å². The van der Waals surface area contributed by atoms with Crippen molar-refractivity contribution in [3.8, 4) is 0 Å². The minimum absolute atomic E-state index is 0.0745. The Kier molecular flexibility index (Phi) is 7.26. The highest BCUT2D eigenvalue weighted by atomic mass is 32.2. The van der Waals surface area contributed by atoms with E-state index in [0.29, 0.717) is 16.3 Å². The van der Waals surface area contributed by atoms with Crippen molar-refractivity contribution in [1.29, 1.82) is 0 Å². The maximum atomic E-state index is 12.7. The Hall–Kier alpha value is -2.43. The molecule has 0 radical (unpaired) electrons. The van der Waals surface area contributed by atoms with Crippen LogP contribution in [0.2, 0.25) is 0 Å². The van der Waals surface area contributed by atoms with Crippen molar-refractivity contribution in [2.75, 3.05) is 38.4 Å². The number of fused-ring (bicyclic) bond motifs is 1. The Labute approximate surface area is 193 Å². The molecule has 32 heavy (non-hydrogen) atoms. The number of hydrogen-bond acceptors (Lipinski definition) is 7. The van der Waals surface area contributed by atoms with Gasteiger partial charge in [-0.05, 0) is 68.4 Å². The van der Waals surface area contributed by atoms with Crippen LogP contribution in [0.1, 0.15) is 44.8 Å². The lowest BCUT2D eigenvalue weighted by molar-refractivity contribution is -0.114. The normalized spacial score (nSPS) is 13.6. The van der Waals surface area contributed by atoms with E-state index in [1.54, 1.807) is 6.07 Å². The van der Waals surface area contributed by atoms with Gasteiger partial charge in [0.2, 0.25) is 15.9 Å². The molecule has 0 aliphatic heterocycles. The van der Waals surface area contributed by atoms with Gasteiger partial charge < -0.3 is 15.4 Å². The van der Waals surface area contributed by atoms with Crippen molar-refractivity contribution in [3.63, 3.8) is 0 Å². The molecule has 3 rings (SSSR count). The molecule has 10 heteroatoms. The molecular formula is C22H29N3O5S2. The number of nitrogens with one attached hydrogen (secondary N) is 2. The molecule has 0 saturated carbocycles. The maximum Gasteiger partial charge on any atom is 0.341 e. The Morgan fingerprint density at radius 1 is 1.16 bits per heavy atom. The molecule has 1 aromatic carbocycles. The molecule has 0 atom stereocenters. The first-order chi connectivity index (χ1) is 15.1. The molecule has 0 bridgehead atoms. The molecule has 0 unspecified atom stereocenters. The van der Waals surface area contributed by atoms with Crippen molar-refractivity contribution in [2.24, 2.45) is 0 Å². The Morgan fingerprint density at radius 3 is 2.50 bits per heavy atom. The number of ether oxygens (including phenoxy) is 1. The summed E-state index contributed by atoms with van der Waals surface area (Å²) in [5, 5.41) is 6.39. The fraction of sp³-hybridized carbons (Fsp3) is 0.455. The lowest BCUT2D eigenvalue weighted by Crippen LogP contribution is -2.24. The van der Waals surface area contributed by atoms with Crippen LogP contribution in [0.25, 0.3) is 0 Å². The minimum atomic E-state index is -3.60. The number of sulfonamides is 1. The van der Waals surface area contributed by atoms with Crippen LogP contribution in [-0.4, -0.2) is 52.3 Å². The molecule has 1 aliphatic rings. The number of methoxy groups -OCH3 is 1. The molecule has 2 N–H and O–H groups in total. The number of carbonyl (C=O) groups is 2. The number of amides is 1. The number of rotatable bonds is 7. The molecule has 0 spiro atoms. The number of esters is 1. The van der Waals surface area contributed by atoms with Gasteiger partial charge in [0.15, 0.2) is 0 Å². The van der Waals surface area contributed by atoms with Gasteiger partial charge in [-0.1, -0.05) is 0 Å². The molecule has 1 aliphatic carbocycles. The smallest absolute Gasteiger partial charge is 0.341 e. The highest BCUT2D eigenvalue weighted by Gasteiger charge is 2.27. The third-order valence-electron chi connectivity index (χ3n) is 5.67. The molecule has 1 heterocycles. The highest BCUT2D eigenvalue weighted by molar-refractivity contribution is 7.89. The van der Waals surface area contributed by atoms with E-state index in [2.05, 4.69) is 10.6 Å². The van der Waals surface area contributed by atoms with Gasteiger partial charge in [0.25, 0.3) is 0 Å². The number of hydrogen-bond donors (Lipinski definition) is 2. The van der Waals surface area contributed by atoms with Crippen LogP contribution < -0.4 is 10.6 Å². The summed E-state index contributed by atoms with van der Waals surface area (Å²) in [7, 11) is 0.686. The number of carbonyl (C=O) groups excluding carboxylic acids is 2. The van der Waals surface area contributed by atoms with E-state index in [9.17, 15) is 18.0 Å². The second-order valence-electron chi connectivity index (χ2n) is 8.01. The number of aryl methyl sites for hydroxylation is 2. The van der Waals surface area contributed by atoms with E-state index in [1.807, 2.05) is 13.8 Å². The van der Waals surface area contributed by atoms with Crippen LogP contribution >= 0.6 is 11.3 Å². The first kappa shape index (κ1) is 24.2. The number of nitrogens with zero attached hydrogens (tertiary/aromatic N) is 1. The fourth-order valence-electron chi connectivity index (χ4n) is 3.69. The molecular weight excluding hydrogens is 450 g/mol. The topological polar surface area (TPSA) is 105 Å². The largest absolute Gasteiger partial charge is 0.465 e. The summed E-state index contributed by atoms with van der Waals surface area (Å²) in [6, 6.07) is 3.16. The average Bonchev–Trinajstić information content (AvgIpc) is 3.11. The first-order valence-electron chi connectivity index (χ1n) is 10.4. The fourth-order valence-corrected chi connectivity index (χ4v) is 6.00. The van der Waals surface area contributed by atoms with E-state index >= 15 is 0 Å². The number of thiophene rings is 1. The van der Waals surface area contributed by atoms with Gasteiger partial charge in [0.05, 0.1) is 24.1 Å². The summed E-state index contributed by atoms with van der Waals surface area (Å²) < 4.78 is 31.2. The molecule has 0 fully saturated rings. The van der Waals surface area contributed by atoms with Crippen LogP contribution in [0.5, 0.6) is 0 Å². The highest BCUT2D eigenvalue weighted by Crippen LogP contribution is 2.38. The van der Waals surface area contributed by atoms with Gasteiger partial charge in [-0.25, -0.2) is 17.5 Å². The van der Waals surface area contributed by atoms with E-state index in [-0.39, 0.29) is 17.3 Å². The number of benzene rings is 1. The Balaban J connectivity index is 1.80. The minimum Gasteiger partial charge on any atom is -0.465 e. The summed E-state index contributed by atoms with van der Waals surface area (Å²) in [6.07, 6.45) is 3.76. The monoisotopic (exact) mass is 479 g/mol. The quantitative estimate of drug-likeness (QED) is 0.590. The summed E-state index contributed by atoms with van der Waals surface area (Å²) in [6.45, 7) is 3.62.